The second kappa shape index (κ2) is 4.03. The lowest BCUT2D eigenvalue weighted by Crippen LogP contribution is -1.80. The molecule has 0 aromatic heterocycles. The van der Waals surface area contributed by atoms with Crippen molar-refractivity contribution in [2.45, 2.75) is 11.8 Å². The lowest BCUT2D eigenvalue weighted by Gasteiger charge is -1.98. The molecule has 0 unspecified atom stereocenters. The largest absolute Gasteiger partial charge is 0.323 e. The molecule has 0 aliphatic carbocycles. The lowest BCUT2D eigenvalue weighted by atomic mass is 10.2. The van der Waals surface area contributed by atoms with Crippen LogP contribution < -0.4 is 5.84 Å². The molecule has 0 bridgehead atoms. The molecule has 0 saturated heterocycles. The number of nitrogens with zero attached hydrogens (tertiary/aromatic N) is 1. The minimum absolute atomic E-state index is 1.20. The molecule has 1 rings (SSSR count). The average molecular weight is 166 g/mol. The fourth-order valence-corrected chi connectivity index (χ4v) is 1.36. The first-order valence-corrected chi connectivity index (χ1v) is 4.16. The maximum Gasteiger partial charge on any atom is 0.0842 e. The van der Waals surface area contributed by atoms with Gasteiger partial charge in [-0.1, -0.05) is 30.0 Å². The van der Waals surface area contributed by atoms with E-state index in [0.29, 0.717) is 0 Å². The van der Waals surface area contributed by atoms with Crippen molar-refractivity contribution < 1.29 is 0 Å². The molecule has 0 aliphatic heterocycles. The third-order valence-corrected chi connectivity index (χ3v) is 2.27. The van der Waals surface area contributed by atoms with Gasteiger partial charge in [-0.25, -0.2) is 0 Å². The first-order valence-electron chi connectivity index (χ1n) is 3.28. The molecule has 0 fully saturated rings. The van der Waals surface area contributed by atoms with Crippen LogP contribution in [0.5, 0.6) is 0 Å². The number of thioether (sulfide) groups is 1. The van der Waals surface area contributed by atoms with Gasteiger partial charge in [0.2, 0.25) is 0 Å². The second-order valence-electron chi connectivity index (χ2n) is 2.14. The van der Waals surface area contributed by atoms with Crippen LogP contribution in [0.3, 0.4) is 0 Å². The highest BCUT2D eigenvalue weighted by Crippen LogP contribution is 2.18. The zero-order chi connectivity index (χ0) is 8.10. The van der Waals surface area contributed by atoms with E-state index in [1.165, 1.54) is 22.2 Å². The minimum Gasteiger partial charge on any atom is -0.323 e. The Kier molecular flexibility index (Phi) is 2.98. The van der Waals surface area contributed by atoms with Crippen LogP contribution in [0.25, 0.3) is 0 Å². The van der Waals surface area contributed by atoms with Crippen LogP contribution >= 0.6 is 11.8 Å². The van der Waals surface area contributed by atoms with E-state index in [2.05, 4.69) is 18.1 Å². The van der Waals surface area contributed by atoms with E-state index < -0.39 is 0 Å². The molecule has 0 spiro atoms. The molecular formula is C8H10N2S. The molecule has 3 heteroatoms. The molecule has 0 amide bonds. The lowest BCUT2D eigenvalue weighted by molar-refractivity contribution is 1.27. The van der Waals surface area contributed by atoms with Gasteiger partial charge in [-0.3, -0.25) is 0 Å². The molecule has 0 saturated carbocycles. The van der Waals surface area contributed by atoms with Gasteiger partial charge in [0.1, 0.15) is 0 Å². The first-order chi connectivity index (χ1) is 5.34. The van der Waals surface area contributed by atoms with Crippen LogP contribution in [0.15, 0.2) is 34.3 Å². The molecule has 58 valence electrons. The van der Waals surface area contributed by atoms with Gasteiger partial charge in [0.15, 0.2) is 0 Å². The Balaban J connectivity index is 2.77. The van der Waals surface area contributed by atoms with E-state index in [1.54, 1.807) is 5.55 Å². The van der Waals surface area contributed by atoms with Crippen LogP contribution in [-0.4, -0.2) is 5.55 Å². The van der Waals surface area contributed by atoms with Crippen molar-refractivity contribution in [3.63, 3.8) is 0 Å². The number of hydrogen-bond donors (Lipinski definition) is 1. The number of rotatable bonds is 2. The smallest absolute Gasteiger partial charge is 0.0842 e. The summed E-state index contributed by atoms with van der Waals surface area (Å²) in [5.41, 5.74) is 2.87. The molecule has 0 radical (unpaired) electrons. The van der Waals surface area contributed by atoms with Gasteiger partial charge < -0.3 is 5.84 Å². The summed E-state index contributed by atoms with van der Waals surface area (Å²) in [6, 6.07) is 8.12. The van der Waals surface area contributed by atoms with E-state index in [-0.39, 0.29) is 0 Å². The Morgan fingerprint density at radius 2 is 2.18 bits per heavy atom. The van der Waals surface area contributed by atoms with Crippen molar-refractivity contribution in [2.75, 3.05) is 0 Å². The molecule has 0 heterocycles. The highest BCUT2D eigenvalue weighted by Gasteiger charge is 1.93. The molecule has 11 heavy (non-hydrogen) atoms. The summed E-state index contributed by atoms with van der Waals surface area (Å²) in [7, 11) is 0. The number of benzene rings is 1. The summed E-state index contributed by atoms with van der Waals surface area (Å²) in [6.07, 6.45) is 0. The fourth-order valence-electron chi connectivity index (χ4n) is 0.776. The van der Waals surface area contributed by atoms with Crippen LogP contribution in [0, 0.1) is 6.92 Å². The average Bonchev–Trinajstić information content (AvgIpc) is 2.03. The first kappa shape index (κ1) is 8.14. The molecule has 1 aromatic carbocycles. The Hall–Kier alpha value is -0.960. The van der Waals surface area contributed by atoms with Crippen molar-refractivity contribution in [2.24, 2.45) is 10.9 Å². The summed E-state index contributed by atoms with van der Waals surface area (Å²) in [6.45, 7) is 2.06. The Bertz CT molecular complexity index is 258. The van der Waals surface area contributed by atoms with Gasteiger partial charge in [0.05, 0.1) is 5.55 Å². The van der Waals surface area contributed by atoms with Crippen molar-refractivity contribution in [3.8, 4) is 0 Å². The SMILES string of the molecule is Cc1ccccc1S/C=N/N. The molecular weight excluding hydrogens is 156 g/mol. The third-order valence-electron chi connectivity index (χ3n) is 1.33. The highest BCUT2D eigenvalue weighted by molar-refractivity contribution is 8.12. The molecule has 1 aromatic rings. The monoisotopic (exact) mass is 166 g/mol. The number of hydrogen-bond acceptors (Lipinski definition) is 3. The van der Waals surface area contributed by atoms with Crippen LogP contribution in [-0.2, 0) is 0 Å². The van der Waals surface area contributed by atoms with E-state index in [9.17, 15) is 0 Å². The van der Waals surface area contributed by atoms with Gasteiger partial charge in [0.25, 0.3) is 0 Å². The fraction of sp³-hybridized carbons (Fsp3) is 0.125. The number of hydrazone groups is 1. The minimum atomic E-state index is 1.20. The Morgan fingerprint density at radius 1 is 1.45 bits per heavy atom. The molecule has 0 atom stereocenters. The summed E-state index contributed by atoms with van der Waals surface area (Å²) in [5, 5.41) is 3.41. The molecule has 0 aliphatic rings. The van der Waals surface area contributed by atoms with E-state index in [0.717, 1.165) is 0 Å². The van der Waals surface area contributed by atoms with Crippen LogP contribution in [0.4, 0.5) is 0 Å². The zero-order valence-corrected chi connectivity index (χ0v) is 7.14. The second-order valence-corrected chi connectivity index (χ2v) is 3.02. The van der Waals surface area contributed by atoms with Crippen molar-refractivity contribution >= 4 is 17.3 Å². The highest BCUT2D eigenvalue weighted by atomic mass is 32.2. The topological polar surface area (TPSA) is 38.4 Å². The predicted octanol–water partition coefficient (Wildman–Crippen LogP) is 1.99. The summed E-state index contributed by atoms with van der Waals surface area (Å²) < 4.78 is 0. The van der Waals surface area contributed by atoms with Gasteiger partial charge in [0, 0.05) is 4.90 Å². The van der Waals surface area contributed by atoms with Crippen LogP contribution in [0.1, 0.15) is 5.56 Å². The van der Waals surface area contributed by atoms with Gasteiger partial charge in [-0.2, -0.15) is 5.10 Å². The summed E-state index contributed by atoms with van der Waals surface area (Å²) >= 11 is 1.53. The molecule has 2 N–H and O–H groups in total. The summed E-state index contributed by atoms with van der Waals surface area (Å²) in [5.74, 6) is 4.98. The maximum atomic E-state index is 4.98. The van der Waals surface area contributed by atoms with Crippen LogP contribution in [0.2, 0.25) is 0 Å². The van der Waals surface area contributed by atoms with E-state index in [1.807, 2.05) is 18.2 Å². The Labute approximate surface area is 70.5 Å². The normalized spacial score (nSPS) is 10.6. The van der Waals surface area contributed by atoms with Crippen molar-refractivity contribution in [1.82, 2.24) is 0 Å². The number of nitrogens with two attached hydrogens (primary N) is 1. The predicted molar refractivity (Wildman–Crippen MR) is 49.7 cm³/mol. The van der Waals surface area contributed by atoms with Gasteiger partial charge in [-0.05, 0) is 18.6 Å². The standard InChI is InChI=1S/C8H10N2S/c1-7-4-2-3-5-8(7)11-6-10-9/h2-6H,9H2,1H3/b10-6+. The Morgan fingerprint density at radius 3 is 2.82 bits per heavy atom. The zero-order valence-electron chi connectivity index (χ0n) is 6.32. The van der Waals surface area contributed by atoms with Crippen molar-refractivity contribution in [3.05, 3.63) is 29.8 Å². The van der Waals surface area contributed by atoms with Gasteiger partial charge >= 0.3 is 0 Å². The summed E-state index contributed by atoms with van der Waals surface area (Å²) in [4.78, 5) is 1.20. The van der Waals surface area contributed by atoms with Gasteiger partial charge in [-0.15, -0.1) is 0 Å². The third kappa shape index (κ3) is 2.27. The maximum absolute atomic E-state index is 4.98. The van der Waals surface area contributed by atoms with E-state index >= 15 is 0 Å². The quantitative estimate of drug-likeness (QED) is 0.240. The van der Waals surface area contributed by atoms with E-state index in [4.69, 9.17) is 5.84 Å². The van der Waals surface area contributed by atoms with Crippen molar-refractivity contribution in [1.29, 1.82) is 0 Å². The molecule has 2 nitrogen and oxygen atoms in total. The number of aryl methyl sites for hydroxylation is 1.